The van der Waals surface area contributed by atoms with Crippen molar-refractivity contribution in [3.63, 3.8) is 0 Å². The molecule has 2 rings (SSSR count). The molecule has 0 spiro atoms. The Kier molecular flexibility index (Phi) is 2.85. The summed E-state index contributed by atoms with van der Waals surface area (Å²) in [6.45, 7) is 4.69. The Labute approximate surface area is 100 Å². The number of amidine groups is 1. The number of hydrogen-bond donors (Lipinski definition) is 0. The summed E-state index contributed by atoms with van der Waals surface area (Å²) in [5.41, 5.74) is 0.577. The third-order valence-corrected chi connectivity index (χ3v) is 3.08. The molecule has 17 heavy (non-hydrogen) atoms. The van der Waals surface area contributed by atoms with E-state index < -0.39 is 6.02 Å². The fraction of sp³-hybridized carbons (Fsp3) is 0.333. The van der Waals surface area contributed by atoms with Crippen molar-refractivity contribution in [2.45, 2.75) is 13.8 Å². The molecule has 5 heteroatoms. The standard InChI is InChI=1S/C12H15N3O2/c1-3-15(4-2)12(17)14(11(16)13-15)10-8-6-5-7-9-10/h5-9H,3-4H2,1-2H3. The Morgan fingerprint density at radius 1 is 1.24 bits per heavy atom. The van der Waals surface area contributed by atoms with Gasteiger partial charge in [0.25, 0.3) is 0 Å². The highest BCUT2D eigenvalue weighted by Gasteiger charge is 2.45. The van der Waals surface area contributed by atoms with E-state index >= 15 is 0 Å². The molecule has 0 unspecified atom stereocenters. The van der Waals surface area contributed by atoms with E-state index in [-0.39, 0.29) is 10.6 Å². The number of nitrogens with zero attached hydrogens (tertiary/aromatic N) is 3. The van der Waals surface area contributed by atoms with Crippen molar-refractivity contribution in [3.8, 4) is 0 Å². The maximum Gasteiger partial charge on any atom is 0.455 e. The van der Waals surface area contributed by atoms with Gasteiger partial charge in [-0.1, -0.05) is 23.3 Å². The average Bonchev–Trinajstić information content (AvgIpc) is 2.62. The van der Waals surface area contributed by atoms with Crippen molar-refractivity contribution in [1.29, 1.82) is 0 Å². The minimum atomic E-state index is -0.482. The Morgan fingerprint density at radius 3 is 2.29 bits per heavy atom. The molecule has 0 bridgehead atoms. The molecule has 1 aromatic rings. The molecule has 0 saturated heterocycles. The van der Waals surface area contributed by atoms with Gasteiger partial charge in [-0.3, -0.25) is 0 Å². The first-order chi connectivity index (χ1) is 8.14. The number of quaternary nitrogens is 1. The lowest BCUT2D eigenvalue weighted by Crippen LogP contribution is -2.50. The van der Waals surface area contributed by atoms with Crippen LogP contribution in [-0.4, -0.2) is 29.7 Å². The molecule has 0 radical (unpaired) electrons. The van der Waals surface area contributed by atoms with Crippen molar-refractivity contribution >= 4 is 17.7 Å². The molecule has 0 aromatic heterocycles. The zero-order valence-corrected chi connectivity index (χ0v) is 9.96. The Hall–Kier alpha value is -1.88. The normalized spacial score (nSPS) is 18.4. The SMILES string of the molecule is CC[N+]1(CC)N=C([O-])N(c2ccccc2)C1=O. The molecule has 0 aliphatic carbocycles. The Balaban J connectivity index is 2.41. The van der Waals surface area contributed by atoms with E-state index in [1.165, 1.54) is 0 Å². The van der Waals surface area contributed by atoms with E-state index in [0.717, 1.165) is 4.90 Å². The molecule has 1 aromatic carbocycles. The van der Waals surface area contributed by atoms with Crippen LogP contribution in [0.1, 0.15) is 13.8 Å². The number of benzene rings is 1. The highest BCUT2D eigenvalue weighted by Crippen LogP contribution is 2.25. The van der Waals surface area contributed by atoms with Crippen LogP contribution in [0, 0.1) is 0 Å². The van der Waals surface area contributed by atoms with Crippen LogP contribution in [-0.2, 0) is 0 Å². The zero-order chi connectivity index (χ0) is 12.5. The van der Waals surface area contributed by atoms with Gasteiger partial charge >= 0.3 is 6.03 Å². The molecule has 1 aliphatic heterocycles. The van der Waals surface area contributed by atoms with Gasteiger partial charge in [-0.15, -0.1) is 4.59 Å². The van der Waals surface area contributed by atoms with Crippen LogP contribution in [0.2, 0.25) is 0 Å². The quantitative estimate of drug-likeness (QED) is 0.734. The molecule has 0 N–H and O–H groups in total. The smallest absolute Gasteiger partial charge is 0.455 e. The lowest BCUT2D eigenvalue weighted by Gasteiger charge is -2.24. The van der Waals surface area contributed by atoms with Gasteiger partial charge in [0, 0.05) is 0 Å². The summed E-state index contributed by atoms with van der Waals surface area (Å²) in [4.78, 5) is 13.4. The summed E-state index contributed by atoms with van der Waals surface area (Å²) in [6.07, 6.45) is 0. The molecule has 0 saturated carbocycles. The van der Waals surface area contributed by atoms with Gasteiger partial charge in [-0.2, -0.15) is 0 Å². The van der Waals surface area contributed by atoms with E-state index in [9.17, 15) is 9.90 Å². The average molecular weight is 233 g/mol. The zero-order valence-electron chi connectivity index (χ0n) is 9.96. The molecular formula is C12H15N3O2. The Morgan fingerprint density at radius 2 is 1.82 bits per heavy atom. The maximum atomic E-state index is 12.3. The lowest BCUT2D eigenvalue weighted by molar-refractivity contribution is -0.849. The van der Waals surface area contributed by atoms with E-state index in [2.05, 4.69) is 5.10 Å². The summed E-state index contributed by atoms with van der Waals surface area (Å²) in [6, 6.07) is 8.14. The van der Waals surface area contributed by atoms with Gasteiger partial charge in [-0.05, 0) is 26.0 Å². The minimum absolute atomic E-state index is 0.145. The fourth-order valence-electron chi connectivity index (χ4n) is 1.95. The van der Waals surface area contributed by atoms with E-state index in [1.54, 1.807) is 24.3 Å². The second-order valence-electron chi connectivity index (χ2n) is 3.89. The summed E-state index contributed by atoms with van der Waals surface area (Å²) in [5, 5.41) is 15.8. The van der Waals surface area contributed by atoms with E-state index in [4.69, 9.17) is 0 Å². The summed E-state index contributed by atoms with van der Waals surface area (Å²) >= 11 is 0. The summed E-state index contributed by atoms with van der Waals surface area (Å²) in [7, 11) is 0. The van der Waals surface area contributed by atoms with Crippen LogP contribution < -0.4 is 10.0 Å². The van der Waals surface area contributed by atoms with E-state index in [1.807, 2.05) is 19.9 Å². The van der Waals surface area contributed by atoms with Crippen molar-refractivity contribution < 1.29 is 14.5 Å². The van der Waals surface area contributed by atoms with Crippen molar-refractivity contribution in [3.05, 3.63) is 30.3 Å². The van der Waals surface area contributed by atoms with Crippen LogP contribution >= 0.6 is 0 Å². The van der Waals surface area contributed by atoms with Crippen LogP contribution in [0.4, 0.5) is 10.5 Å². The van der Waals surface area contributed by atoms with Gasteiger partial charge in [0.1, 0.15) is 19.1 Å². The monoisotopic (exact) mass is 233 g/mol. The number of urea groups is 1. The Bertz CT molecular complexity index is 452. The second kappa shape index (κ2) is 4.18. The first kappa shape index (κ1) is 11.6. The highest BCUT2D eigenvalue weighted by molar-refractivity contribution is 6.11. The van der Waals surface area contributed by atoms with Gasteiger partial charge < -0.3 is 5.11 Å². The van der Waals surface area contributed by atoms with Crippen LogP contribution in [0.15, 0.2) is 35.4 Å². The van der Waals surface area contributed by atoms with Crippen LogP contribution in [0.3, 0.4) is 0 Å². The molecule has 1 aliphatic rings. The number of para-hydroxylation sites is 1. The van der Waals surface area contributed by atoms with Gasteiger partial charge in [-0.25, -0.2) is 9.69 Å². The molecule has 2 amide bonds. The molecule has 0 atom stereocenters. The first-order valence-corrected chi connectivity index (χ1v) is 5.68. The van der Waals surface area contributed by atoms with Gasteiger partial charge in [0.15, 0.2) is 0 Å². The van der Waals surface area contributed by atoms with Crippen molar-refractivity contribution in [2.24, 2.45) is 5.10 Å². The van der Waals surface area contributed by atoms with Crippen LogP contribution in [0.25, 0.3) is 0 Å². The van der Waals surface area contributed by atoms with Gasteiger partial charge in [0.2, 0.25) is 0 Å². The number of carbonyl (C=O) groups is 1. The molecule has 1 heterocycles. The number of carbonyl (C=O) groups excluding carboxylic acids is 1. The topological polar surface area (TPSA) is 55.7 Å². The number of anilines is 1. The predicted octanol–water partition coefficient (Wildman–Crippen LogP) is 1.11. The number of rotatable bonds is 3. The second-order valence-corrected chi connectivity index (χ2v) is 3.89. The fourth-order valence-corrected chi connectivity index (χ4v) is 1.95. The van der Waals surface area contributed by atoms with Crippen LogP contribution in [0.5, 0.6) is 0 Å². The molecular weight excluding hydrogens is 218 g/mol. The third kappa shape index (κ3) is 1.68. The predicted molar refractivity (Wildman–Crippen MR) is 63.1 cm³/mol. The largest absolute Gasteiger partial charge is 0.842 e. The van der Waals surface area contributed by atoms with Gasteiger partial charge in [0.05, 0.1) is 5.69 Å². The molecule has 90 valence electrons. The lowest BCUT2D eigenvalue weighted by atomic mass is 10.3. The molecule has 0 fully saturated rings. The van der Waals surface area contributed by atoms with Crippen molar-refractivity contribution in [2.75, 3.05) is 18.0 Å². The van der Waals surface area contributed by atoms with Crippen molar-refractivity contribution in [1.82, 2.24) is 0 Å². The summed E-state index contributed by atoms with van der Waals surface area (Å²) < 4.78 is -0.145. The minimum Gasteiger partial charge on any atom is -0.842 e. The highest BCUT2D eigenvalue weighted by atomic mass is 16.3. The maximum absolute atomic E-state index is 12.3. The third-order valence-electron chi connectivity index (χ3n) is 3.08. The first-order valence-electron chi connectivity index (χ1n) is 5.68. The van der Waals surface area contributed by atoms with E-state index in [0.29, 0.717) is 18.8 Å². The molecule has 5 nitrogen and oxygen atoms in total. The number of hydrogen-bond acceptors (Lipinski definition) is 3. The summed E-state index contributed by atoms with van der Waals surface area (Å²) in [5.74, 6) is 0. The number of amides is 2.